The van der Waals surface area contributed by atoms with Gasteiger partial charge in [0.05, 0.1) is 18.4 Å². The summed E-state index contributed by atoms with van der Waals surface area (Å²) < 4.78 is 5.00. The number of carboxylic acids is 1. The first-order valence-corrected chi connectivity index (χ1v) is 7.46. The highest BCUT2D eigenvalue weighted by molar-refractivity contribution is 5.78. The van der Waals surface area contributed by atoms with E-state index < -0.39 is 11.9 Å². The van der Waals surface area contributed by atoms with Gasteiger partial charge in [0.2, 0.25) is 0 Å². The molecule has 0 saturated carbocycles. The van der Waals surface area contributed by atoms with Crippen LogP contribution in [0.4, 0.5) is 4.79 Å². The van der Waals surface area contributed by atoms with Crippen molar-refractivity contribution < 1.29 is 24.2 Å². The van der Waals surface area contributed by atoms with Crippen LogP contribution in [0.5, 0.6) is 0 Å². The average molecular weight is 298 g/mol. The summed E-state index contributed by atoms with van der Waals surface area (Å²) in [6.07, 6.45) is 1.74. The van der Waals surface area contributed by atoms with Crippen LogP contribution in [0.15, 0.2) is 0 Å². The summed E-state index contributed by atoms with van der Waals surface area (Å²) in [6.45, 7) is 3.98. The maximum absolute atomic E-state index is 12.3. The number of hydrogen-bond donors (Lipinski definition) is 1. The van der Waals surface area contributed by atoms with Crippen molar-refractivity contribution in [3.63, 3.8) is 0 Å². The predicted molar refractivity (Wildman–Crippen MR) is 73.6 cm³/mol. The van der Waals surface area contributed by atoms with Gasteiger partial charge in [0.15, 0.2) is 0 Å². The molecule has 2 aliphatic heterocycles. The molecule has 2 aliphatic rings. The lowest BCUT2D eigenvalue weighted by Crippen LogP contribution is -2.47. The van der Waals surface area contributed by atoms with Crippen molar-refractivity contribution in [1.82, 2.24) is 9.80 Å². The van der Waals surface area contributed by atoms with E-state index in [1.165, 1.54) is 0 Å². The highest BCUT2D eigenvalue weighted by Gasteiger charge is 2.35. The third-order valence-electron chi connectivity index (χ3n) is 4.19. The van der Waals surface area contributed by atoms with Crippen LogP contribution >= 0.6 is 0 Å². The Kier molecular flexibility index (Phi) is 5.03. The molecule has 0 aromatic heterocycles. The van der Waals surface area contributed by atoms with Gasteiger partial charge in [0, 0.05) is 26.2 Å². The van der Waals surface area contributed by atoms with Gasteiger partial charge in [-0.05, 0) is 26.2 Å². The fraction of sp³-hybridized carbons (Fsp3) is 0.786. The van der Waals surface area contributed by atoms with Gasteiger partial charge in [0.25, 0.3) is 0 Å². The standard InChI is InChI=1S/C14H22N2O5/c1-2-21-13(19)10-3-6-15(7-4-10)14(20)16-8-5-11(9-16)12(17)18/h10-11H,2-9H2,1H3,(H,17,18). The molecule has 0 radical (unpaired) electrons. The van der Waals surface area contributed by atoms with Gasteiger partial charge in [-0.15, -0.1) is 0 Å². The molecule has 7 nitrogen and oxygen atoms in total. The van der Waals surface area contributed by atoms with E-state index in [1.54, 1.807) is 16.7 Å². The number of urea groups is 1. The molecule has 0 bridgehead atoms. The monoisotopic (exact) mass is 298 g/mol. The summed E-state index contributed by atoms with van der Waals surface area (Å²) >= 11 is 0. The molecule has 0 spiro atoms. The molecule has 1 atom stereocenters. The van der Waals surface area contributed by atoms with E-state index in [9.17, 15) is 14.4 Å². The number of hydrogen-bond acceptors (Lipinski definition) is 4. The second-order valence-corrected chi connectivity index (χ2v) is 5.57. The number of aliphatic carboxylic acids is 1. The van der Waals surface area contributed by atoms with Crippen molar-refractivity contribution in [2.75, 3.05) is 32.8 Å². The topological polar surface area (TPSA) is 87.2 Å². The number of piperidine rings is 1. The molecule has 7 heteroatoms. The molecule has 118 valence electrons. The minimum absolute atomic E-state index is 0.110. The summed E-state index contributed by atoms with van der Waals surface area (Å²) in [7, 11) is 0. The zero-order chi connectivity index (χ0) is 15.4. The van der Waals surface area contributed by atoms with Crippen LogP contribution in [0, 0.1) is 11.8 Å². The van der Waals surface area contributed by atoms with Crippen LogP contribution < -0.4 is 0 Å². The quantitative estimate of drug-likeness (QED) is 0.778. The first-order valence-electron chi connectivity index (χ1n) is 7.46. The number of likely N-dealkylation sites (tertiary alicyclic amines) is 2. The summed E-state index contributed by atoms with van der Waals surface area (Å²) in [5.74, 6) is -1.60. The molecule has 2 heterocycles. The minimum atomic E-state index is -0.841. The van der Waals surface area contributed by atoms with Crippen LogP contribution in [0.25, 0.3) is 0 Å². The Labute approximate surface area is 123 Å². The van der Waals surface area contributed by atoms with E-state index in [2.05, 4.69) is 0 Å². The van der Waals surface area contributed by atoms with Gasteiger partial charge in [-0.1, -0.05) is 0 Å². The lowest BCUT2D eigenvalue weighted by Gasteiger charge is -2.33. The largest absolute Gasteiger partial charge is 0.481 e. The fourth-order valence-electron chi connectivity index (χ4n) is 2.90. The Morgan fingerprint density at radius 2 is 1.62 bits per heavy atom. The van der Waals surface area contributed by atoms with E-state index in [0.717, 1.165) is 0 Å². The van der Waals surface area contributed by atoms with Gasteiger partial charge in [0.1, 0.15) is 0 Å². The van der Waals surface area contributed by atoms with E-state index in [4.69, 9.17) is 9.84 Å². The number of ether oxygens (including phenoxy) is 1. The molecule has 2 rings (SSSR count). The third kappa shape index (κ3) is 3.65. The van der Waals surface area contributed by atoms with E-state index in [-0.39, 0.29) is 24.5 Å². The Morgan fingerprint density at radius 1 is 1.05 bits per heavy atom. The van der Waals surface area contributed by atoms with Crippen molar-refractivity contribution in [2.24, 2.45) is 11.8 Å². The summed E-state index contributed by atoms with van der Waals surface area (Å²) in [4.78, 5) is 38.2. The van der Waals surface area contributed by atoms with Gasteiger partial charge >= 0.3 is 18.0 Å². The highest BCUT2D eigenvalue weighted by Crippen LogP contribution is 2.22. The van der Waals surface area contributed by atoms with E-state index >= 15 is 0 Å². The Hall–Kier alpha value is -1.79. The van der Waals surface area contributed by atoms with Crippen molar-refractivity contribution in [3.8, 4) is 0 Å². The number of carbonyl (C=O) groups excluding carboxylic acids is 2. The Balaban J connectivity index is 1.81. The molecule has 21 heavy (non-hydrogen) atoms. The van der Waals surface area contributed by atoms with Crippen LogP contribution in [-0.4, -0.2) is 65.7 Å². The minimum Gasteiger partial charge on any atom is -0.481 e. The van der Waals surface area contributed by atoms with Crippen LogP contribution in [0.2, 0.25) is 0 Å². The second-order valence-electron chi connectivity index (χ2n) is 5.57. The number of amides is 2. The first kappa shape index (κ1) is 15.6. The maximum Gasteiger partial charge on any atom is 0.320 e. The molecule has 2 amide bonds. The van der Waals surface area contributed by atoms with Crippen LogP contribution in [0.1, 0.15) is 26.2 Å². The zero-order valence-electron chi connectivity index (χ0n) is 12.3. The molecule has 0 aliphatic carbocycles. The molecule has 2 saturated heterocycles. The van der Waals surface area contributed by atoms with Gasteiger partial charge in [-0.3, -0.25) is 9.59 Å². The molecule has 0 aromatic rings. The molecule has 1 unspecified atom stereocenters. The fourth-order valence-corrected chi connectivity index (χ4v) is 2.90. The number of esters is 1. The predicted octanol–water partition coefficient (Wildman–Crippen LogP) is 0.788. The normalized spacial score (nSPS) is 23.2. The lowest BCUT2D eigenvalue weighted by atomic mass is 9.97. The van der Waals surface area contributed by atoms with Crippen molar-refractivity contribution in [1.29, 1.82) is 0 Å². The second kappa shape index (κ2) is 6.78. The highest BCUT2D eigenvalue weighted by atomic mass is 16.5. The molecular formula is C14H22N2O5. The number of carbonyl (C=O) groups is 3. The molecule has 0 aromatic carbocycles. The Bertz CT molecular complexity index is 418. The molecule has 1 N–H and O–H groups in total. The average Bonchev–Trinajstić information content (AvgIpc) is 2.97. The van der Waals surface area contributed by atoms with Gasteiger partial charge in [-0.25, -0.2) is 4.79 Å². The SMILES string of the molecule is CCOC(=O)C1CCN(C(=O)N2CCC(C(=O)O)C2)CC1. The van der Waals surface area contributed by atoms with E-state index in [1.807, 2.05) is 0 Å². The summed E-state index contributed by atoms with van der Waals surface area (Å²) in [5.41, 5.74) is 0. The van der Waals surface area contributed by atoms with Crippen LogP contribution in [-0.2, 0) is 14.3 Å². The smallest absolute Gasteiger partial charge is 0.320 e. The summed E-state index contributed by atoms with van der Waals surface area (Å²) in [5, 5.41) is 8.97. The van der Waals surface area contributed by atoms with Crippen molar-refractivity contribution in [3.05, 3.63) is 0 Å². The van der Waals surface area contributed by atoms with E-state index in [0.29, 0.717) is 45.5 Å². The molecule has 2 fully saturated rings. The Morgan fingerprint density at radius 3 is 2.14 bits per heavy atom. The molecular weight excluding hydrogens is 276 g/mol. The number of nitrogens with zero attached hydrogens (tertiary/aromatic N) is 2. The maximum atomic E-state index is 12.3. The van der Waals surface area contributed by atoms with Crippen LogP contribution in [0.3, 0.4) is 0 Å². The third-order valence-corrected chi connectivity index (χ3v) is 4.19. The first-order chi connectivity index (χ1) is 10.0. The number of carboxylic acid groups (broad SMARTS) is 1. The summed E-state index contributed by atoms with van der Waals surface area (Å²) in [6, 6.07) is -0.110. The van der Waals surface area contributed by atoms with Crippen molar-refractivity contribution in [2.45, 2.75) is 26.2 Å². The van der Waals surface area contributed by atoms with Gasteiger partial charge in [-0.2, -0.15) is 0 Å². The van der Waals surface area contributed by atoms with Gasteiger partial charge < -0.3 is 19.6 Å². The zero-order valence-corrected chi connectivity index (χ0v) is 12.3. The lowest BCUT2D eigenvalue weighted by molar-refractivity contribution is -0.149. The van der Waals surface area contributed by atoms with Crippen molar-refractivity contribution >= 4 is 18.0 Å². The number of rotatable bonds is 3.